The molecule has 5 nitrogen and oxygen atoms in total. The molecule has 1 amide bonds. The molecule has 1 atom stereocenters. The summed E-state index contributed by atoms with van der Waals surface area (Å²) >= 11 is 0. The summed E-state index contributed by atoms with van der Waals surface area (Å²) in [5.74, 6) is 3.06. The summed E-state index contributed by atoms with van der Waals surface area (Å²) < 4.78 is 6.26. The van der Waals surface area contributed by atoms with Crippen LogP contribution in [0, 0.1) is 12.3 Å². The highest BCUT2D eigenvalue weighted by Gasteiger charge is 2.43. The number of carbonyl (C=O) groups is 1. The smallest absolute Gasteiger partial charge is 0.253 e. The summed E-state index contributed by atoms with van der Waals surface area (Å²) in [7, 11) is 0. The lowest BCUT2D eigenvalue weighted by Crippen LogP contribution is -2.49. The number of aryl methyl sites for hydroxylation is 1. The SMILES string of the molecule is C#CCNC(=O)c1ccc(N2CCOC3(CCc4ccccc43)C2)nc1. The quantitative estimate of drug-likeness (QED) is 0.864. The highest BCUT2D eigenvalue weighted by atomic mass is 16.5. The fourth-order valence-electron chi connectivity index (χ4n) is 3.89. The molecule has 1 N–H and O–H groups in total. The van der Waals surface area contributed by atoms with Gasteiger partial charge in [0, 0.05) is 12.7 Å². The molecule has 4 rings (SSSR count). The van der Waals surface area contributed by atoms with Crippen molar-refractivity contribution in [1.29, 1.82) is 0 Å². The number of amides is 1. The van der Waals surface area contributed by atoms with Crippen molar-refractivity contribution in [3.05, 3.63) is 59.3 Å². The zero-order valence-corrected chi connectivity index (χ0v) is 14.6. The molecule has 2 aliphatic rings. The number of hydrogen-bond donors (Lipinski definition) is 1. The molecule has 0 bridgehead atoms. The van der Waals surface area contributed by atoms with Crippen LogP contribution in [0.2, 0.25) is 0 Å². The Balaban J connectivity index is 1.52. The molecule has 1 unspecified atom stereocenters. The number of pyridine rings is 1. The zero-order chi connectivity index (χ0) is 18.0. The van der Waals surface area contributed by atoms with Crippen LogP contribution in [-0.4, -0.2) is 37.1 Å². The van der Waals surface area contributed by atoms with Crippen LogP contribution in [0.5, 0.6) is 0 Å². The number of ether oxygens (including phenoxy) is 1. The lowest BCUT2D eigenvalue weighted by molar-refractivity contribution is -0.0594. The summed E-state index contributed by atoms with van der Waals surface area (Å²) in [5.41, 5.74) is 2.94. The Kier molecular flexibility index (Phi) is 4.36. The lowest BCUT2D eigenvalue weighted by atomic mass is 9.93. The molecule has 132 valence electrons. The third-order valence-corrected chi connectivity index (χ3v) is 5.18. The first-order valence-electron chi connectivity index (χ1n) is 8.87. The Bertz CT molecular complexity index is 852. The van der Waals surface area contributed by atoms with Crippen molar-refractivity contribution in [2.75, 3.05) is 31.1 Å². The number of anilines is 1. The third-order valence-electron chi connectivity index (χ3n) is 5.18. The number of carbonyl (C=O) groups excluding carboxylic acids is 1. The molecule has 2 heterocycles. The van der Waals surface area contributed by atoms with E-state index in [9.17, 15) is 4.79 Å². The summed E-state index contributed by atoms with van der Waals surface area (Å²) in [6.07, 6.45) is 8.81. The van der Waals surface area contributed by atoms with E-state index >= 15 is 0 Å². The van der Waals surface area contributed by atoms with Gasteiger partial charge >= 0.3 is 0 Å². The predicted octanol–water partition coefficient (Wildman–Crippen LogP) is 2.12. The van der Waals surface area contributed by atoms with Crippen LogP contribution < -0.4 is 10.2 Å². The minimum Gasteiger partial charge on any atom is -0.367 e. The van der Waals surface area contributed by atoms with Crippen molar-refractivity contribution in [2.45, 2.75) is 18.4 Å². The molecular weight excluding hydrogens is 326 g/mol. The van der Waals surface area contributed by atoms with Gasteiger partial charge < -0.3 is 15.0 Å². The Morgan fingerprint density at radius 1 is 1.35 bits per heavy atom. The van der Waals surface area contributed by atoms with Gasteiger partial charge in [-0.15, -0.1) is 6.42 Å². The van der Waals surface area contributed by atoms with E-state index in [-0.39, 0.29) is 18.1 Å². The third kappa shape index (κ3) is 2.93. The Morgan fingerprint density at radius 2 is 2.23 bits per heavy atom. The van der Waals surface area contributed by atoms with E-state index < -0.39 is 0 Å². The molecule has 1 saturated heterocycles. The fraction of sp³-hybridized carbons (Fsp3) is 0.333. The number of benzene rings is 1. The molecule has 1 fully saturated rings. The standard InChI is InChI=1S/C21H21N3O2/c1-2-11-22-20(25)17-7-8-19(23-14-17)24-12-13-26-21(15-24)10-9-16-5-3-4-6-18(16)21/h1,3-8,14H,9-13,15H2,(H,22,25). The van der Waals surface area contributed by atoms with E-state index in [0.29, 0.717) is 12.2 Å². The van der Waals surface area contributed by atoms with E-state index in [0.717, 1.165) is 31.7 Å². The van der Waals surface area contributed by atoms with Gasteiger partial charge in [0.05, 0.1) is 25.3 Å². The number of nitrogens with one attached hydrogen (secondary N) is 1. The monoisotopic (exact) mass is 347 g/mol. The topological polar surface area (TPSA) is 54.5 Å². The summed E-state index contributed by atoms with van der Waals surface area (Å²) in [6.45, 7) is 2.45. The predicted molar refractivity (Wildman–Crippen MR) is 100 cm³/mol. The molecule has 1 aromatic carbocycles. The second kappa shape index (κ2) is 6.81. The van der Waals surface area contributed by atoms with Crippen LogP contribution in [0.3, 0.4) is 0 Å². The van der Waals surface area contributed by atoms with Gasteiger partial charge in [-0.1, -0.05) is 30.2 Å². The molecule has 0 saturated carbocycles. The maximum Gasteiger partial charge on any atom is 0.253 e. The molecular formula is C21H21N3O2. The lowest BCUT2D eigenvalue weighted by Gasteiger charge is -2.41. The van der Waals surface area contributed by atoms with Crippen LogP contribution in [0.4, 0.5) is 5.82 Å². The second-order valence-corrected chi connectivity index (χ2v) is 6.71. The Labute approximate surface area is 153 Å². The van der Waals surface area contributed by atoms with Crippen molar-refractivity contribution < 1.29 is 9.53 Å². The Hall–Kier alpha value is -2.84. The maximum atomic E-state index is 12.0. The summed E-state index contributed by atoms with van der Waals surface area (Å²) in [4.78, 5) is 18.7. The van der Waals surface area contributed by atoms with E-state index in [4.69, 9.17) is 11.2 Å². The highest BCUT2D eigenvalue weighted by molar-refractivity contribution is 5.94. The van der Waals surface area contributed by atoms with Crippen molar-refractivity contribution in [2.24, 2.45) is 0 Å². The van der Waals surface area contributed by atoms with Gasteiger partial charge in [0.1, 0.15) is 11.4 Å². The maximum absolute atomic E-state index is 12.0. The van der Waals surface area contributed by atoms with Gasteiger partial charge in [0.2, 0.25) is 0 Å². The largest absolute Gasteiger partial charge is 0.367 e. The van der Waals surface area contributed by atoms with Crippen molar-refractivity contribution in [1.82, 2.24) is 10.3 Å². The minimum absolute atomic E-state index is 0.204. The number of fused-ring (bicyclic) bond motifs is 2. The van der Waals surface area contributed by atoms with Crippen LogP contribution in [0.1, 0.15) is 27.9 Å². The van der Waals surface area contributed by atoms with E-state index in [2.05, 4.69) is 45.4 Å². The van der Waals surface area contributed by atoms with E-state index in [1.807, 2.05) is 6.07 Å². The number of terminal acetylenes is 1. The summed E-state index contributed by atoms with van der Waals surface area (Å²) in [5, 5.41) is 2.65. The van der Waals surface area contributed by atoms with Crippen molar-refractivity contribution in [3.63, 3.8) is 0 Å². The average molecular weight is 347 g/mol. The number of hydrogen-bond acceptors (Lipinski definition) is 4. The Morgan fingerprint density at radius 3 is 3.04 bits per heavy atom. The average Bonchev–Trinajstić information content (AvgIpc) is 3.04. The number of aromatic nitrogens is 1. The molecule has 0 radical (unpaired) electrons. The van der Waals surface area contributed by atoms with E-state index in [1.54, 1.807) is 12.3 Å². The zero-order valence-electron chi connectivity index (χ0n) is 14.6. The normalized spacial score (nSPS) is 21.3. The molecule has 5 heteroatoms. The van der Waals surface area contributed by atoms with Gasteiger partial charge in [-0.3, -0.25) is 4.79 Å². The van der Waals surface area contributed by atoms with Crippen molar-refractivity contribution >= 4 is 11.7 Å². The first-order valence-corrected chi connectivity index (χ1v) is 8.87. The molecule has 1 aromatic heterocycles. The second-order valence-electron chi connectivity index (χ2n) is 6.71. The summed E-state index contributed by atoms with van der Waals surface area (Å²) in [6, 6.07) is 12.2. The molecule has 26 heavy (non-hydrogen) atoms. The van der Waals surface area contributed by atoms with Gasteiger partial charge in [0.25, 0.3) is 5.91 Å². The number of nitrogens with zero attached hydrogens (tertiary/aromatic N) is 2. The minimum atomic E-state index is -0.251. The van der Waals surface area contributed by atoms with Crippen LogP contribution in [0.25, 0.3) is 0 Å². The molecule has 1 aliphatic carbocycles. The number of rotatable bonds is 3. The van der Waals surface area contributed by atoms with E-state index in [1.165, 1.54) is 11.1 Å². The van der Waals surface area contributed by atoms with Gasteiger partial charge in [0.15, 0.2) is 0 Å². The van der Waals surface area contributed by atoms with Crippen LogP contribution >= 0.6 is 0 Å². The first-order chi connectivity index (χ1) is 12.7. The molecule has 1 aliphatic heterocycles. The molecule has 1 spiro atoms. The van der Waals surface area contributed by atoms with Crippen LogP contribution in [0.15, 0.2) is 42.6 Å². The fourth-order valence-corrected chi connectivity index (χ4v) is 3.89. The van der Waals surface area contributed by atoms with Crippen LogP contribution in [-0.2, 0) is 16.8 Å². The first kappa shape index (κ1) is 16.6. The van der Waals surface area contributed by atoms with Gasteiger partial charge in [-0.2, -0.15) is 0 Å². The highest BCUT2D eigenvalue weighted by Crippen LogP contribution is 2.42. The van der Waals surface area contributed by atoms with Gasteiger partial charge in [-0.25, -0.2) is 4.98 Å². The molecule has 2 aromatic rings. The number of morpholine rings is 1. The van der Waals surface area contributed by atoms with Crippen molar-refractivity contribution in [3.8, 4) is 12.3 Å². The van der Waals surface area contributed by atoms with Gasteiger partial charge in [-0.05, 0) is 36.1 Å².